The van der Waals surface area contributed by atoms with Crippen molar-refractivity contribution in [3.8, 4) is 0 Å². The maximum absolute atomic E-state index is 11.6. The molecule has 0 amide bonds. The highest BCUT2D eigenvalue weighted by molar-refractivity contribution is 7.91. The zero-order chi connectivity index (χ0) is 14.8. The summed E-state index contributed by atoms with van der Waals surface area (Å²) in [7, 11) is -1.00. The van der Waals surface area contributed by atoms with Crippen LogP contribution in [0.25, 0.3) is 0 Å². The maximum Gasteiger partial charge on any atom is 0.152 e. The normalized spacial score (nSPS) is 21.1. The Morgan fingerprint density at radius 3 is 2.85 bits per heavy atom. The Morgan fingerprint density at radius 1 is 1.50 bits per heavy atom. The van der Waals surface area contributed by atoms with Crippen LogP contribution in [0, 0.1) is 0 Å². The molecule has 2 heterocycles. The van der Waals surface area contributed by atoms with Crippen LogP contribution in [0.15, 0.2) is 12.1 Å². The van der Waals surface area contributed by atoms with Crippen molar-refractivity contribution in [1.29, 1.82) is 0 Å². The third kappa shape index (κ3) is 3.62. The average molecular weight is 318 g/mol. The second kappa shape index (κ2) is 6.28. The van der Waals surface area contributed by atoms with Gasteiger partial charge in [0.2, 0.25) is 0 Å². The van der Waals surface area contributed by atoms with Crippen molar-refractivity contribution >= 4 is 27.3 Å². The van der Waals surface area contributed by atoms with Crippen LogP contribution in [0.4, 0.5) is 5.82 Å². The number of nitrogens with one attached hydrogen (secondary N) is 1. The van der Waals surface area contributed by atoms with Crippen LogP contribution in [0.3, 0.4) is 0 Å². The number of rotatable bonds is 5. The molecule has 1 aliphatic rings. The van der Waals surface area contributed by atoms with Crippen molar-refractivity contribution in [2.75, 3.05) is 30.0 Å². The molecule has 1 fully saturated rings. The molecular weight excluding hydrogens is 298 g/mol. The number of hydrogen-bond donors (Lipinski definition) is 1. The third-order valence-corrected chi connectivity index (χ3v) is 5.66. The minimum absolute atomic E-state index is 0.000611. The molecule has 20 heavy (non-hydrogen) atoms. The van der Waals surface area contributed by atoms with E-state index < -0.39 is 9.84 Å². The number of hydrogen-bond acceptors (Lipinski definition) is 5. The van der Waals surface area contributed by atoms with Gasteiger partial charge in [-0.2, -0.15) is 0 Å². The van der Waals surface area contributed by atoms with Crippen molar-refractivity contribution in [2.24, 2.45) is 0 Å². The lowest BCUT2D eigenvalue weighted by molar-refractivity contribution is 0.600. The van der Waals surface area contributed by atoms with Gasteiger partial charge in [0.1, 0.15) is 5.82 Å². The molecule has 7 heteroatoms. The average Bonchev–Trinajstić information content (AvgIpc) is 2.77. The predicted molar refractivity (Wildman–Crippen MR) is 82.1 cm³/mol. The fraction of sp³-hybridized carbons (Fsp3) is 0.615. The lowest BCUT2D eigenvalue weighted by atomic mass is 10.2. The zero-order valence-corrected chi connectivity index (χ0v) is 13.3. The van der Waals surface area contributed by atoms with Crippen molar-refractivity contribution in [3.63, 3.8) is 0 Å². The molecule has 1 saturated heterocycles. The molecule has 0 spiro atoms. The molecular formula is C13H20ClN3O2S. The number of pyridine rings is 1. The maximum atomic E-state index is 11.6. The number of halogens is 1. The van der Waals surface area contributed by atoms with Gasteiger partial charge in [-0.15, -0.1) is 0 Å². The highest BCUT2D eigenvalue weighted by Gasteiger charge is 2.31. The summed E-state index contributed by atoms with van der Waals surface area (Å²) in [6.45, 7) is 3.48. The molecule has 1 aliphatic heterocycles. The molecule has 1 N–H and O–H groups in total. The Morgan fingerprint density at radius 2 is 2.25 bits per heavy atom. The molecule has 0 bridgehead atoms. The Bertz CT molecular complexity index is 577. The van der Waals surface area contributed by atoms with E-state index in [0.717, 1.165) is 18.1 Å². The summed E-state index contributed by atoms with van der Waals surface area (Å²) < 4.78 is 23.1. The third-order valence-electron chi connectivity index (χ3n) is 3.56. The quantitative estimate of drug-likeness (QED) is 0.891. The molecule has 0 radical (unpaired) electrons. The first-order valence-corrected chi connectivity index (χ1v) is 8.92. The van der Waals surface area contributed by atoms with Crippen molar-refractivity contribution < 1.29 is 8.42 Å². The van der Waals surface area contributed by atoms with Gasteiger partial charge in [-0.05, 0) is 25.1 Å². The van der Waals surface area contributed by atoms with E-state index >= 15 is 0 Å². The Kier molecular flexibility index (Phi) is 4.88. The summed E-state index contributed by atoms with van der Waals surface area (Å²) in [6.07, 6.45) is 0.658. The monoisotopic (exact) mass is 317 g/mol. The van der Waals surface area contributed by atoms with Crippen LogP contribution in [-0.4, -0.2) is 44.5 Å². The molecule has 112 valence electrons. The van der Waals surface area contributed by atoms with Gasteiger partial charge in [0, 0.05) is 19.6 Å². The summed E-state index contributed by atoms with van der Waals surface area (Å²) in [6, 6.07) is 3.65. The molecule has 0 aromatic carbocycles. The van der Waals surface area contributed by atoms with E-state index in [2.05, 4.69) is 10.3 Å². The van der Waals surface area contributed by atoms with E-state index in [4.69, 9.17) is 11.6 Å². The van der Waals surface area contributed by atoms with Crippen LogP contribution in [0.5, 0.6) is 0 Å². The van der Waals surface area contributed by atoms with Gasteiger partial charge >= 0.3 is 0 Å². The lowest BCUT2D eigenvalue weighted by Gasteiger charge is -2.25. The molecule has 1 atom stereocenters. The van der Waals surface area contributed by atoms with Gasteiger partial charge in [-0.3, -0.25) is 0 Å². The van der Waals surface area contributed by atoms with E-state index in [1.54, 1.807) is 0 Å². The molecule has 0 saturated carbocycles. The molecule has 1 unspecified atom stereocenters. The first-order valence-electron chi connectivity index (χ1n) is 6.72. The second-order valence-corrected chi connectivity index (χ2v) is 7.68. The lowest BCUT2D eigenvalue weighted by Crippen LogP contribution is -2.33. The van der Waals surface area contributed by atoms with Gasteiger partial charge in [0.15, 0.2) is 9.84 Å². The van der Waals surface area contributed by atoms with E-state index in [0.29, 0.717) is 18.0 Å². The van der Waals surface area contributed by atoms with E-state index in [1.807, 2.05) is 31.0 Å². The van der Waals surface area contributed by atoms with Crippen molar-refractivity contribution in [2.45, 2.75) is 25.9 Å². The predicted octanol–water partition coefficient (Wildman–Crippen LogP) is 1.47. The van der Waals surface area contributed by atoms with Crippen LogP contribution in [0.1, 0.15) is 19.0 Å². The molecule has 1 aromatic heterocycles. The largest absolute Gasteiger partial charge is 0.356 e. The van der Waals surface area contributed by atoms with Gasteiger partial charge in [-0.1, -0.05) is 18.5 Å². The van der Waals surface area contributed by atoms with Crippen molar-refractivity contribution in [3.05, 3.63) is 22.8 Å². The number of sulfone groups is 1. The molecule has 5 nitrogen and oxygen atoms in total. The van der Waals surface area contributed by atoms with E-state index in [1.165, 1.54) is 0 Å². The first-order chi connectivity index (χ1) is 9.43. The Hall–Kier alpha value is -0.850. The minimum atomic E-state index is -2.89. The molecule has 0 aliphatic carbocycles. The number of nitrogens with zero attached hydrogens (tertiary/aromatic N) is 2. The fourth-order valence-corrected chi connectivity index (χ4v) is 4.25. The SMILES string of the molecule is CCNCc1nc(N(C)C2CCS(=O)(=O)C2)ccc1Cl. The van der Waals surface area contributed by atoms with E-state index in [9.17, 15) is 8.42 Å². The fourth-order valence-electron chi connectivity index (χ4n) is 2.30. The van der Waals surface area contributed by atoms with Crippen LogP contribution >= 0.6 is 11.6 Å². The van der Waals surface area contributed by atoms with Gasteiger partial charge in [-0.25, -0.2) is 13.4 Å². The topological polar surface area (TPSA) is 62.3 Å². The highest BCUT2D eigenvalue weighted by Crippen LogP contribution is 2.24. The smallest absolute Gasteiger partial charge is 0.152 e. The van der Waals surface area contributed by atoms with Gasteiger partial charge < -0.3 is 10.2 Å². The minimum Gasteiger partial charge on any atom is -0.356 e. The summed E-state index contributed by atoms with van der Waals surface area (Å²) in [5.74, 6) is 1.24. The summed E-state index contributed by atoms with van der Waals surface area (Å²) >= 11 is 6.12. The molecule has 1 aromatic rings. The highest BCUT2D eigenvalue weighted by atomic mass is 35.5. The first kappa shape index (κ1) is 15.5. The summed E-state index contributed by atoms with van der Waals surface area (Å²) in [4.78, 5) is 6.48. The van der Waals surface area contributed by atoms with Crippen LogP contribution < -0.4 is 10.2 Å². The van der Waals surface area contributed by atoms with Crippen LogP contribution in [-0.2, 0) is 16.4 Å². The van der Waals surface area contributed by atoms with Crippen molar-refractivity contribution in [1.82, 2.24) is 10.3 Å². The van der Waals surface area contributed by atoms with Gasteiger partial charge in [0.25, 0.3) is 0 Å². The standard InChI is InChI=1S/C13H20ClN3O2S/c1-3-15-8-12-11(14)4-5-13(16-12)17(2)10-6-7-20(18,19)9-10/h4-5,10,15H,3,6-9H2,1-2H3. The second-order valence-electron chi connectivity index (χ2n) is 5.05. The summed E-state index contributed by atoms with van der Waals surface area (Å²) in [5.41, 5.74) is 0.790. The Balaban J connectivity index is 2.16. The van der Waals surface area contributed by atoms with E-state index in [-0.39, 0.29) is 17.5 Å². The summed E-state index contributed by atoms with van der Waals surface area (Å²) in [5, 5.41) is 3.82. The number of aromatic nitrogens is 1. The number of anilines is 1. The Labute approximate surface area is 125 Å². The van der Waals surface area contributed by atoms with Crippen LogP contribution in [0.2, 0.25) is 5.02 Å². The zero-order valence-electron chi connectivity index (χ0n) is 11.8. The van der Waals surface area contributed by atoms with Gasteiger partial charge in [0.05, 0.1) is 22.2 Å². The molecule has 2 rings (SSSR count).